The topological polar surface area (TPSA) is 81.7 Å². The summed E-state index contributed by atoms with van der Waals surface area (Å²) in [6, 6.07) is 12.5. The van der Waals surface area contributed by atoms with Crippen LogP contribution in [0, 0.1) is 0 Å². The number of halogens is 1. The van der Waals surface area contributed by atoms with E-state index in [0.717, 1.165) is 23.3 Å². The number of rotatable bonds is 7. The Morgan fingerprint density at radius 3 is 2.23 bits per heavy atom. The minimum atomic E-state index is -0.576. The van der Waals surface area contributed by atoms with Crippen LogP contribution >= 0.6 is 0 Å². The minimum Gasteiger partial charge on any atom is -1.00 e. The summed E-state index contributed by atoms with van der Waals surface area (Å²) < 4.78 is 15.1. The lowest BCUT2D eigenvalue weighted by molar-refractivity contribution is -0.654. The Hall–Kier alpha value is -2.95. The molecule has 2 amide bonds. The third-order valence-electron chi connectivity index (χ3n) is 5.70. The number of carbonyl (C=O) groups excluding carboxylic acids is 3. The molecule has 0 atom stereocenters. The fourth-order valence-corrected chi connectivity index (χ4v) is 4.25. The molecule has 0 radical (unpaired) electrons. The second-order valence-corrected chi connectivity index (χ2v) is 9.39. The van der Waals surface area contributed by atoms with E-state index in [1.807, 2.05) is 44.5 Å². The average Bonchev–Trinajstić information content (AvgIpc) is 3.18. The molecule has 0 N–H and O–H groups in total. The first-order valence-electron chi connectivity index (χ1n) is 11.4. The normalized spacial score (nSPS) is 13.1. The van der Waals surface area contributed by atoms with Crippen molar-refractivity contribution in [3.8, 4) is 5.75 Å². The second-order valence-electron chi connectivity index (χ2n) is 9.39. The van der Waals surface area contributed by atoms with E-state index in [9.17, 15) is 14.4 Å². The van der Waals surface area contributed by atoms with E-state index >= 15 is 0 Å². The molecule has 1 aliphatic heterocycles. The first-order chi connectivity index (χ1) is 16.1. The van der Waals surface area contributed by atoms with Crippen LogP contribution in [0.15, 0.2) is 42.5 Å². The number of aryl methyl sites for hydroxylation is 2. The van der Waals surface area contributed by atoms with Crippen LogP contribution < -0.4 is 33.3 Å². The molecule has 0 saturated carbocycles. The lowest BCUT2D eigenvalue weighted by Gasteiger charge is -2.19. The summed E-state index contributed by atoms with van der Waals surface area (Å²) in [6.45, 7) is 8.17. The van der Waals surface area contributed by atoms with E-state index in [0.29, 0.717) is 23.4 Å². The molecule has 9 heteroatoms. The summed E-state index contributed by atoms with van der Waals surface area (Å²) >= 11 is 0. The van der Waals surface area contributed by atoms with E-state index in [4.69, 9.17) is 9.47 Å². The molecule has 4 rings (SSSR count). The number of esters is 1. The Bertz CT molecular complexity index is 1260. The van der Waals surface area contributed by atoms with Crippen LogP contribution in [0.5, 0.6) is 5.75 Å². The lowest BCUT2D eigenvalue weighted by Crippen LogP contribution is -3.00. The molecular weight excluding hydrogens is 561 g/mol. The highest BCUT2D eigenvalue weighted by atomic mass is 127. The van der Waals surface area contributed by atoms with Gasteiger partial charge >= 0.3 is 5.97 Å². The van der Waals surface area contributed by atoms with Crippen LogP contribution in [-0.2, 0) is 29.7 Å². The lowest BCUT2D eigenvalue weighted by atomic mass is 10.1. The summed E-state index contributed by atoms with van der Waals surface area (Å²) in [5.74, 6) is 0.371. The number of hydrogen-bond acceptors (Lipinski definition) is 5. The molecule has 0 fully saturated rings. The molecule has 0 bridgehead atoms. The number of ether oxygens (including phenoxy) is 2. The quantitative estimate of drug-likeness (QED) is 0.172. The predicted molar refractivity (Wildman–Crippen MR) is 125 cm³/mol. The molecule has 186 valence electrons. The molecule has 3 aromatic rings. The Morgan fingerprint density at radius 1 is 1.03 bits per heavy atom. The number of amides is 2. The SMILES string of the molecule is CCCn1c(CN2C(=O)c3ccccc3C2=O)[n+](C)c2ccc(OCC(=O)OC(C)(C)C)cc21.[I-]. The molecule has 1 aliphatic rings. The van der Waals surface area contributed by atoms with Crippen LogP contribution in [-0.4, -0.2) is 39.5 Å². The zero-order valence-corrected chi connectivity index (χ0v) is 22.8. The van der Waals surface area contributed by atoms with Gasteiger partial charge in [0.1, 0.15) is 17.9 Å². The number of imidazole rings is 1. The number of imide groups is 1. The zero-order chi connectivity index (χ0) is 24.6. The molecule has 2 aromatic carbocycles. The van der Waals surface area contributed by atoms with E-state index in [1.165, 1.54) is 4.90 Å². The van der Waals surface area contributed by atoms with Gasteiger partial charge in [0.15, 0.2) is 17.6 Å². The molecule has 0 unspecified atom stereocenters. The number of hydrogen-bond donors (Lipinski definition) is 0. The van der Waals surface area contributed by atoms with E-state index < -0.39 is 11.6 Å². The Balaban J connectivity index is 0.00000342. The highest BCUT2D eigenvalue weighted by Crippen LogP contribution is 2.26. The van der Waals surface area contributed by atoms with Crippen molar-refractivity contribution in [1.82, 2.24) is 9.47 Å². The van der Waals surface area contributed by atoms with Gasteiger partial charge in [-0.05, 0) is 51.5 Å². The van der Waals surface area contributed by atoms with Crippen molar-refractivity contribution in [1.29, 1.82) is 0 Å². The second kappa shape index (κ2) is 10.3. The molecule has 0 saturated heterocycles. The monoisotopic (exact) mass is 591 g/mol. The van der Waals surface area contributed by atoms with Crippen LogP contribution in [0.2, 0.25) is 0 Å². The zero-order valence-electron chi connectivity index (χ0n) is 20.6. The smallest absolute Gasteiger partial charge is 0.344 e. The third-order valence-corrected chi connectivity index (χ3v) is 5.70. The van der Waals surface area contributed by atoms with Gasteiger partial charge < -0.3 is 33.5 Å². The maximum atomic E-state index is 12.9. The predicted octanol–water partition coefficient (Wildman–Crippen LogP) is 0.397. The van der Waals surface area contributed by atoms with E-state index in [1.54, 1.807) is 30.3 Å². The molecule has 35 heavy (non-hydrogen) atoms. The van der Waals surface area contributed by atoms with Gasteiger partial charge in [-0.25, -0.2) is 13.9 Å². The molecule has 2 heterocycles. The molecule has 1 aromatic heterocycles. The maximum Gasteiger partial charge on any atom is 0.344 e. The van der Waals surface area contributed by atoms with E-state index in [2.05, 4.69) is 11.5 Å². The highest BCUT2D eigenvalue weighted by molar-refractivity contribution is 6.21. The minimum absolute atomic E-state index is 0. The van der Waals surface area contributed by atoms with Gasteiger partial charge in [0.05, 0.1) is 24.7 Å². The first-order valence-corrected chi connectivity index (χ1v) is 11.4. The van der Waals surface area contributed by atoms with Crippen LogP contribution in [0.1, 0.15) is 60.7 Å². The first kappa shape index (κ1) is 26.7. The van der Waals surface area contributed by atoms with Crippen molar-refractivity contribution in [3.63, 3.8) is 0 Å². The van der Waals surface area contributed by atoms with Gasteiger partial charge in [-0.3, -0.25) is 14.5 Å². The highest BCUT2D eigenvalue weighted by Gasteiger charge is 2.38. The summed E-state index contributed by atoms with van der Waals surface area (Å²) in [5.41, 5.74) is 2.13. The Morgan fingerprint density at radius 2 is 1.66 bits per heavy atom. The van der Waals surface area contributed by atoms with Crippen LogP contribution in [0.3, 0.4) is 0 Å². The summed E-state index contributed by atoms with van der Waals surface area (Å²) in [7, 11) is 1.92. The van der Waals surface area contributed by atoms with Crippen molar-refractivity contribution in [3.05, 3.63) is 59.4 Å². The van der Waals surface area contributed by atoms with Gasteiger partial charge in [0.25, 0.3) is 17.6 Å². The van der Waals surface area contributed by atoms with Crippen molar-refractivity contribution in [2.45, 2.75) is 52.8 Å². The maximum absolute atomic E-state index is 12.9. The Kier molecular flexibility index (Phi) is 7.88. The van der Waals surface area contributed by atoms with Gasteiger partial charge in [0, 0.05) is 6.07 Å². The molecule has 0 aliphatic carbocycles. The molecule has 8 nitrogen and oxygen atoms in total. The van der Waals surface area contributed by atoms with Crippen molar-refractivity contribution in [2.24, 2.45) is 7.05 Å². The van der Waals surface area contributed by atoms with Gasteiger partial charge in [-0.2, -0.15) is 0 Å². The van der Waals surface area contributed by atoms with Crippen molar-refractivity contribution in [2.75, 3.05) is 6.61 Å². The van der Waals surface area contributed by atoms with Crippen LogP contribution in [0.25, 0.3) is 11.0 Å². The number of nitrogens with zero attached hydrogens (tertiary/aromatic N) is 3. The Labute approximate surface area is 221 Å². The summed E-state index contributed by atoms with van der Waals surface area (Å²) in [5, 5.41) is 0. The van der Waals surface area contributed by atoms with Crippen LogP contribution in [0.4, 0.5) is 0 Å². The third kappa shape index (κ3) is 5.34. The van der Waals surface area contributed by atoms with E-state index in [-0.39, 0.29) is 48.9 Å². The fraction of sp³-hybridized carbons (Fsp3) is 0.385. The number of fused-ring (bicyclic) bond motifs is 2. The fourth-order valence-electron chi connectivity index (χ4n) is 4.25. The largest absolute Gasteiger partial charge is 1.00 e. The summed E-state index contributed by atoms with van der Waals surface area (Å²) in [4.78, 5) is 39.2. The summed E-state index contributed by atoms with van der Waals surface area (Å²) in [6.07, 6.45) is 0.863. The number of aromatic nitrogens is 2. The number of carbonyl (C=O) groups is 3. The van der Waals surface area contributed by atoms with Crippen molar-refractivity contribution >= 4 is 28.8 Å². The number of benzene rings is 2. The van der Waals surface area contributed by atoms with Gasteiger partial charge in [0.2, 0.25) is 0 Å². The van der Waals surface area contributed by atoms with Gasteiger partial charge in [-0.1, -0.05) is 19.1 Å². The van der Waals surface area contributed by atoms with Gasteiger partial charge in [-0.15, -0.1) is 0 Å². The standard InChI is InChI=1S/C26H30N3O5.HI/c1-6-13-28-21-14-17(33-16-23(30)34-26(2,3)4)11-12-20(21)27(5)22(28)15-29-24(31)18-9-7-8-10-19(18)25(29)32;/h7-12,14H,6,13,15-16H2,1-5H3;1H/q+1;/p-1. The average molecular weight is 591 g/mol. The van der Waals surface area contributed by atoms with Crippen molar-refractivity contribution < 1.29 is 52.4 Å². The molecular formula is C26H30IN3O5. The molecule has 0 spiro atoms.